The molecule has 0 saturated heterocycles. The van der Waals surface area contributed by atoms with Crippen molar-refractivity contribution in [1.29, 1.82) is 10.0 Å². The maximum atomic E-state index is 8.85. The fourth-order valence-corrected chi connectivity index (χ4v) is 4.12. The third-order valence-electron chi connectivity index (χ3n) is 2.88. The lowest BCUT2D eigenvalue weighted by molar-refractivity contribution is 1.32. The van der Waals surface area contributed by atoms with Gasteiger partial charge in [0.25, 0.3) is 0 Å². The summed E-state index contributed by atoms with van der Waals surface area (Å²) in [6, 6.07) is 13.7. The Morgan fingerprint density at radius 3 is 2.62 bits per heavy atom. The molecule has 1 aromatic carbocycles. The topological polar surface area (TPSA) is 72.4 Å². The summed E-state index contributed by atoms with van der Waals surface area (Å²) >= 11 is 1.48. The molecule has 1 heterocycles. The fraction of sp³-hybridized carbons (Fsp3) is 0.200. The highest BCUT2D eigenvalue weighted by atomic mass is 32.2. The van der Waals surface area contributed by atoms with E-state index in [4.69, 9.17) is 10.0 Å². The molecule has 0 amide bonds. The zero-order valence-electron chi connectivity index (χ0n) is 11.7. The molecule has 1 aromatic heterocycles. The second-order valence-corrected chi connectivity index (χ2v) is 8.05. The molecular weight excluding hydrogens is 300 g/mol. The summed E-state index contributed by atoms with van der Waals surface area (Å²) in [5.74, 6) is 1.60. The van der Waals surface area contributed by atoms with Crippen LogP contribution in [0.25, 0.3) is 0 Å². The van der Waals surface area contributed by atoms with E-state index < -0.39 is 9.62 Å². The Morgan fingerprint density at radius 1 is 1.29 bits per heavy atom. The van der Waals surface area contributed by atoms with Gasteiger partial charge in [-0.2, -0.15) is 14.6 Å². The van der Waals surface area contributed by atoms with Gasteiger partial charge in [-0.1, -0.05) is 52.9 Å². The standard InChI is InChI=1S/C15H16N4S2/c1-2-21(17,11-13-7-4-3-5-8-13)19-15(18-12-16)14-9-6-10-20-14/h3-10,17H,2,11H2,1H3. The van der Waals surface area contributed by atoms with E-state index in [-0.39, 0.29) is 0 Å². The van der Waals surface area contributed by atoms with Crippen molar-refractivity contribution in [3.63, 3.8) is 0 Å². The molecule has 21 heavy (non-hydrogen) atoms. The molecule has 0 aliphatic carbocycles. The van der Waals surface area contributed by atoms with Gasteiger partial charge >= 0.3 is 0 Å². The Kier molecular flexibility index (Phi) is 5.26. The van der Waals surface area contributed by atoms with Crippen LogP contribution < -0.4 is 0 Å². The van der Waals surface area contributed by atoms with Crippen molar-refractivity contribution in [2.45, 2.75) is 12.7 Å². The first-order valence-corrected chi connectivity index (χ1v) is 9.28. The smallest absolute Gasteiger partial charge is 0.207 e. The van der Waals surface area contributed by atoms with Gasteiger partial charge < -0.3 is 0 Å². The van der Waals surface area contributed by atoms with Gasteiger partial charge in [0.2, 0.25) is 6.19 Å². The van der Waals surface area contributed by atoms with Gasteiger partial charge in [0.1, 0.15) is 0 Å². The van der Waals surface area contributed by atoms with E-state index in [9.17, 15) is 0 Å². The summed E-state index contributed by atoms with van der Waals surface area (Å²) in [6.45, 7) is 1.97. The average Bonchev–Trinajstić information content (AvgIpc) is 3.02. The van der Waals surface area contributed by atoms with Crippen molar-refractivity contribution in [2.75, 3.05) is 5.75 Å². The Morgan fingerprint density at radius 2 is 2.05 bits per heavy atom. The fourth-order valence-electron chi connectivity index (χ4n) is 1.79. The third-order valence-corrected chi connectivity index (χ3v) is 6.04. The van der Waals surface area contributed by atoms with E-state index in [0.717, 1.165) is 10.4 Å². The van der Waals surface area contributed by atoms with E-state index in [0.29, 0.717) is 17.3 Å². The number of aliphatic imine (C=N–C) groups is 1. The summed E-state index contributed by atoms with van der Waals surface area (Å²) in [6.07, 6.45) is 1.80. The van der Waals surface area contributed by atoms with E-state index in [2.05, 4.69) is 9.36 Å². The molecule has 1 unspecified atom stereocenters. The molecule has 6 heteroatoms. The molecule has 2 aromatic rings. The lowest BCUT2D eigenvalue weighted by Gasteiger charge is -2.11. The molecule has 0 radical (unpaired) electrons. The number of nitriles is 1. The molecule has 0 bridgehead atoms. The van der Waals surface area contributed by atoms with Crippen molar-refractivity contribution in [3.05, 3.63) is 58.3 Å². The predicted octanol–water partition coefficient (Wildman–Crippen LogP) is 4.30. The molecule has 4 nitrogen and oxygen atoms in total. The van der Waals surface area contributed by atoms with Crippen LogP contribution in [0.5, 0.6) is 0 Å². The largest absolute Gasteiger partial charge is 0.269 e. The minimum Gasteiger partial charge on any atom is -0.269 e. The van der Waals surface area contributed by atoms with Gasteiger partial charge in [-0.05, 0) is 17.0 Å². The highest BCUT2D eigenvalue weighted by Crippen LogP contribution is 2.16. The SMILES string of the molecule is CCS(=N)(Cc1ccccc1)=NC(=NC#N)c1cccs1. The molecule has 0 aliphatic rings. The zero-order chi connectivity index (χ0) is 15.1. The maximum Gasteiger partial charge on any atom is 0.207 e. The van der Waals surface area contributed by atoms with Crippen LogP contribution in [0, 0.1) is 16.2 Å². The Bertz CT molecular complexity index is 762. The monoisotopic (exact) mass is 316 g/mol. The normalized spacial score (nSPS) is 14.2. The van der Waals surface area contributed by atoms with Crippen molar-refractivity contribution < 1.29 is 0 Å². The van der Waals surface area contributed by atoms with Crippen molar-refractivity contribution in [3.8, 4) is 6.19 Å². The number of hydrogen-bond acceptors (Lipinski definition) is 4. The van der Waals surface area contributed by atoms with Crippen LogP contribution in [0.1, 0.15) is 17.4 Å². The second-order valence-electron chi connectivity index (χ2n) is 4.36. The van der Waals surface area contributed by atoms with Gasteiger partial charge in [-0.25, -0.2) is 0 Å². The second kappa shape index (κ2) is 7.16. The highest BCUT2D eigenvalue weighted by Gasteiger charge is 2.09. The summed E-state index contributed by atoms with van der Waals surface area (Å²) in [4.78, 5) is 4.64. The lowest BCUT2D eigenvalue weighted by atomic mass is 10.2. The van der Waals surface area contributed by atoms with Gasteiger partial charge in [-0.15, -0.1) is 11.3 Å². The number of rotatable bonds is 4. The Hall–Kier alpha value is -1.97. The summed E-state index contributed by atoms with van der Waals surface area (Å²) in [5.41, 5.74) is 1.09. The summed E-state index contributed by atoms with van der Waals surface area (Å²) in [5, 5.41) is 10.8. The van der Waals surface area contributed by atoms with Crippen LogP contribution in [0.3, 0.4) is 0 Å². The zero-order valence-corrected chi connectivity index (χ0v) is 13.3. The van der Waals surface area contributed by atoms with Crippen LogP contribution in [0.15, 0.2) is 57.2 Å². The van der Waals surface area contributed by atoms with Gasteiger partial charge in [0, 0.05) is 11.5 Å². The van der Waals surface area contributed by atoms with Gasteiger partial charge in [0.15, 0.2) is 5.84 Å². The average molecular weight is 316 g/mol. The number of nitrogens with one attached hydrogen (secondary N) is 1. The minimum absolute atomic E-state index is 0.385. The molecule has 0 saturated carbocycles. The molecule has 1 N–H and O–H groups in total. The van der Waals surface area contributed by atoms with Crippen molar-refractivity contribution >= 4 is 26.8 Å². The number of nitrogens with zero attached hydrogens (tertiary/aromatic N) is 3. The van der Waals surface area contributed by atoms with Crippen LogP contribution in [0.4, 0.5) is 0 Å². The van der Waals surface area contributed by atoms with E-state index in [1.165, 1.54) is 11.3 Å². The van der Waals surface area contributed by atoms with Crippen LogP contribution in [0.2, 0.25) is 0 Å². The highest BCUT2D eigenvalue weighted by molar-refractivity contribution is 7.94. The van der Waals surface area contributed by atoms with Crippen LogP contribution in [-0.2, 0) is 15.4 Å². The van der Waals surface area contributed by atoms with Crippen molar-refractivity contribution in [1.82, 2.24) is 0 Å². The number of thiophene rings is 1. The molecule has 0 fully saturated rings. The lowest BCUT2D eigenvalue weighted by Crippen LogP contribution is -2.09. The number of amidine groups is 1. The van der Waals surface area contributed by atoms with Crippen LogP contribution in [-0.4, -0.2) is 11.6 Å². The molecule has 0 aliphatic heterocycles. The first-order valence-electron chi connectivity index (χ1n) is 6.47. The Balaban J connectivity index is 2.40. The molecule has 2 rings (SSSR count). The summed E-state index contributed by atoms with van der Waals surface area (Å²) in [7, 11) is -1.98. The first kappa shape index (κ1) is 15.4. The van der Waals surface area contributed by atoms with Gasteiger partial charge in [-0.3, -0.25) is 4.78 Å². The Labute approximate surface area is 129 Å². The minimum atomic E-state index is -1.98. The van der Waals surface area contributed by atoms with E-state index >= 15 is 0 Å². The third kappa shape index (κ3) is 4.25. The molecule has 0 spiro atoms. The summed E-state index contributed by atoms with van der Waals surface area (Å²) < 4.78 is 13.2. The van der Waals surface area contributed by atoms with E-state index in [1.54, 1.807) is 6.19 Å². The van der Waals surface area contributed by atoms with E-state index in [1.807, 2.05) is 54.8 Å². The molecule has 108 valence electrons. The number of benzene rings is 1. The quantitative estimate of drug-likeness (QED) is 0.510. The first-order chi connectivity index (χ1) is 10.2. The predicted molar refractivity (Wildman–Crippen MR) is 89.7 cm³/mol. The molecular formula is C15H16N4S2. The number of hydrogen-bond donors (Lipinski definition) is 1. The van der Waals surface area contributed by atoms with Crippen LogP contribution >= 0.6 is 11.3 Å². The van der Waals surface area contributed by atoms with Crippen molar-refractivity contribution in [2.24, 2.45) is 9.36 Å². The molecule has 1 atom stereocenters. The maximum absolute atomic E-state index is 8.85. The van der Waals surface area contributed by atoms with Gasteiger partial charge in [0.05, 0.1) is 4.88 Å².